The van der Waals surface area contributed by atoms with Crippen LogP contribution in [0.5, 0.6) is 11.5 Å². The molecule has 2 aromatic carbocycles. The first kappa shape index (κ1) is 16.3. The lowest BCUT2D eigenvalue weighted by molar-refractivity contribution is 0.484. The Kier molecular flexibility index (Phi) is 4.78. The van der Waals surface area contributed by atoms with E-state index in [1.54, 1.807) is 6.07 Å². The number of hydrogen-bond acceptors (Lipinski definition) is 5. The lowest BCUT2D eigenvalue weighted by Gasteiger charge is -2.23. The Morgan fingerprint density at radius 3 is 2.80 bits per heavy atom. The van der Waals surface area contributed by atoms with Crippen LogP contribution < -0.4 is 14.8 Å². The standard InChI is InChI=1S/C17H13ClN4OS2/c18-12-4-1-2-5-13(12)23-14-6-3-7-15-16(14)20-17(22-25-15)19-10-11-8-9-24-21-11/h1-9H,10H2,(H2,19,20,22). The predicted octanol–water partition coefficient (Wildman–Crippen LogP) is 5.17. The molecule has 0 unspecified atom stereocenters. The Hall–Kier alpha value is -2.22. The van der Waals surface area contributed by atoms with Crippen molar-refractivity contribution in [1.29, 1.82) is 0 Å². The fourth-order valence-electron chi connectivity index (χ4n) is 2.25. The summed E-state index contributed by atoms with van der Waals surface area (Å²) in [5, 5.41) is 5.80. The summed E-state index contributed by atoms with van der Waals surface area (Å²) in [5.41, 5.74) is 1.81. The first-order valence-electron chi connectivity index (χ1n) is 7.48. The van der Waals surface area contributed by atoms with Gasteiger partial charge < -0.3 is 10.1 Å². The number of hydrogen-bond donors (Lipinski definition) is 2. The normalized spacial score (nSPS) is 14.5. The zero-order valence-corrected chi connectivity index (χ0v) is 15.3. The molecule has 0 spiro atoms. The smallest absolute Gasteiger partial charge is 0.206 e. The van der Waals surface area contributed by atoms with E-state index in [-0.39, 0.29) is 0 Å². The minimum atomic E-state index is 0.516. The fraction of sp³-hybridized carbons (Fsp3) is 0.0588. The van der Waals surface area contributed by atoms with Gasteiger partial charge in [-0.25, -0.2) is 4.99 Å². The van der Waals surface area contributed by atoms with Crippen LogP contribution >= 0.6 is 35.1 Å². The molecule has 0 saturated heterocycles. The van der Waals surface area contributed by atoms with Gasteiger partial charge in [-0.2, -0.15) is 4.37 Å². The number of rotatable bonds is 4. The second-order valence-corrected chi connectivity index (χ2v) is 7.07. The maximum absolute atomic E-state index is 6.20. The number of para-hydroxylation sites is 2. The molecule has 4 rings (SSSR count). The molecule has 2 heterocycles. The highest BCUT2D eigenvalue weighted by atomic mass is 35.5. The molecule has 0 atom stereocenters. The van der Waals surface area contributed by atoms with Crippen LogP contribution in [0.4, 0.5) is 5.69 Å². The molecule has 126 valence electrons. The predicted molar refractivity (Wildman–Crippen MR) is 104 cm³/mol. The molecule has 25 heavy (non-hydrogen) atoms. The van der Waals surface area contributed by atoms with Crippen LogP contribution in [-0.2, 0) is 6.54 Å². The second-order valence-electron chi connectivity index (χ2n) is 5.15. The average Bonchev–Trinajstić information content (AvgIpc) is 3.16. The van der Waals surface area contributed by atoms with Crippen LogP contribution in [0, 0.1) is 0 Å². The summed E-state index contributed by atoms with van der Waals surface area (Å²) >= 11 is 9.11. The van der Waals surface area contributed by atoms with Gasteiger partial charge in [0.2, 0.25) is 5.96 Å². The van der Waals surface area contributed by atoms with E-state index in [2.05, 4.69) is 19.4 Å². The monoisotopic (exact) mass is 388 g/mol. The van der Waals surface area contributed by atoms with Gasteiger partial charge in [0.1, 0.15) is 5.75 Å². The van der Waals surface area contributed by atoms with Gasteiger partial charge in [-0.1, -0.05) is 29.8 Å². The largest absolute Gasteiger partial charge is 0.454 e. The van der Waals surface area contributed by atoms with E-state index in [4.69, 9.17) is 16.3 Å². The summed E-state index contributed by atoms with van der Waals surface area (Å²) in [6, 6.07) is 15.2. The molecule has 3 aromatic rings. The van der Waals surface area contributed by atoms with Crippen molar-refractivity contribution in [2.75, 3.05) is 5.32 Å². The minimum absolute atomic E-state index is 0.516. The van der Waals surface area contributed by atoms with E-state index >= 15 is 0 Å². The van der Waals surface area contributed by atoms with E-state index in [9.17, 15) is 0 Å². The number of halogens is 1. The van der Waals surface area contributed by atoms with Gasteiger partial charge in [-0.3, -0.25) is 4.72 Å². The van der Waals surface area contributed by atoms with Crippen LogP contribution in [-0.4, -0.2) is 10.3 Å². The Balaban J connectivity index is 1.58. The molecular weight excluding hydrogens is 376 g/mol. The lowest BCUT2D eigenvalue weighted by Crippen LogP contribution is -2.29. The number of fused-ring (bicyclic) bond motifs is 1. The van der Waals surface area contributed by atoms with Crippen LogP contribution in [0.1, 0.15) is 5.69 Å². The van der Waals surface area contributed by atoms with E-state index in [1.807, 2.05) is 47.8 Å². The molecule has 0 saturated carbocycles. The van der Waals surface area contributed by atoms with Gasteiger partial charge in [0, 0.05) is 5.38 Å². The number of aliphatic imine (C=N–C) groups is 1. The molecule has 1 aliphatic heterocycles. The van der Waals surface area contributed by atoms with Gasteiger partial charge in [0.15, 0.2) is 5.75 Å². The quantitative estimate of drug-likeness (QED) is 0.604. The van der Waals surface area contributed by atoms with Crippen molar-refractivity contribution in [3.8, 4) is 11.5 Å². The van der Waals surface area contributed by atoms with Crippen LogP contribution in [0.2, 0.25) is 5.02 Å². The first-order valence-corrected chi connectivity index (χ1v) is 9.52. The molecule has 1 aromatic heterocycles. The van der Waals surface area contributed by atoms with Gasteiger partial charge in [0.05, 0.1) is 27.8 Å². The van der Waals surface area contributed by atoms with Gasteiger partial charge in [0.25, 0.3) is 0 Å². The molecule has 1 aliphatic rings. The molecule has 5 nitrogen and oxygen atoms in total. The molecule has 8 heteroatoms. The summed E-state index contributed by atoms with van der Waals surface area (Å²) in [7, 11) is 0. The van der Waals surface area contributed by atoms with Crippen molar-refractivity contribution >= 4 is 46.7 Å². The second kappa shape index (κ2) is 7.35. The van der Waals surface area contributed by atoms with Crippen molar-refractivity contribution in [3.05, 3.63) is 64.6 Å². The Morgan fingerprint density at radius 1 is 1.08 bits per heavy atom. The molecule has 0 amide bonds. The zero-order chi connectivity index (χ0) is 17.1. The summed E-state index contributed by atoms with van der Waals surface area (Å²) in [5.74, 6) is 1.98. The zero-order valence-electron chi connectivity index (χ0n) is 12.9. The number of aromatic nitrogens is 1. The summed E-state index contributed by atoms with van der Waals surface area (Å²) in [6.45, 7) is 0.516. The molecule has 0 bridgehead atoms. The number of guanidine groups is 1. The number of benzene rings is 2. The van der Waals surface area contributed by atoms with E-state index < -0.39 is 0 Å². The summed E-state index contributed by atoms with van der Waals surface area (Å²) in [4.78, 5) is 5.55. The van der Waals surface area contributed by atoms with Crippen molar-refractivity contribution in [3.63, 3.8) is 0 Å². The van der Waals surface area contributed by atoms with Crippen molar-refractivity contribution < 1.29 is 4.74 Å². The Labute approximate surface area is 158 Å². The van der Waals surface area contributed by atoms with Gasteiger partial charge >= 0.3 is 0 Å². The first-order chi connectivity index (χ1) is 12.3. The third-order valence-corrected chi connectivity index (χ3v) is 5.20. The third-order valence-electron chi connectivity index (χ3n) is 3.44. The minimum Gasteiger partial charge on any atom is -0.454 e. The Bertz CT molecular complexity index is 915. The molecule has 2 N–H and O–H groups in total. The summed E-state index contributed by atoms with van der Waals surface area (Å²) in [6.07, 6.45) is 0. The molecule has 0 radical (unpaired) electrons. The van der Waals surface area contributed by atoms with Crippen molar-refractivity contribution in [2.24, 2.45) is 4.99 Å². The van der Waals surface area contributed by atoms with Crippen molar-refractivity contribution in [1.82, 2.24) is 9.10 Å². The van der Waals surface area contributed by atoms with E-state index in [1.165, 1.54) is 23.5 Å². The average molecular weight is 389 g/mol. The number of ether oxygens (including phenoxy) is 1. The van der Waals surface area contributed by atoms with Crippen molar-refractivity contribution in [2.45, 2.75) is 11.4 Å². The molecule has 0 fully saturated rings. The lowest BCUT2D eigenvalue weighted by atomic mass is 10.2. The molecule has 0 aliphatic carbocycles. The van der Waals surface area contributed by atoms with Gasteiger partial charge in [-0.15, -0.1) is 0 Å². The topological polar surface area (TPSA) is 58.5 Å². The highest BCUT2D eigenvalue weighted by Gasteiger charge is 2.19. The van der Waals surface area contributed by atoms with Crippen LogP contribution in [0.25, 0.3) is 0 Å². The summed E-state index contributed by atoms with van der Waals surface area (Å²) < 4.78 is 13.5. The van der Waals surface area contributed by atoms with E-state index in [0.717, 1.165) is 16.3 Å². The van der Waals surface area contributed by atoms with E-state index in [0.29, 0.717) is 29.0 Å². The Morgan fingerprint density at radius 2 is 1.96 bits per heavy atom. The highest BCUT2D eigenvalue weighted by molar-refractivity contribution is 7.98. The van der Waals surface area contributed by atoms with Crippen LogP contribution in [0.15, 0.2) is 63.8 Å². The third kappa shape index (κ3) is 3.73. The maximum Gasteiger partial charge on any atom is 0.206 e. The highest BCUT2D eigenvalue weighted by Crippen LogP contribution is 2.40. The SMILES string of the molecule is Clc1ccccc1Oc1cccc2c1NC(=NCc1ccsn1)NS2. The number of nitrogens with one attached hydrogen (secondary N) is 2. The fourth-order valence-corrected chi connectivity index (χ4v) is 3.68. The maximum atomic E-state index is 6.20. The van der Waals surface area contributed by atoms with Crippen LogP contribution in [0.3, 0.4) is 0 Å². The number of anilines is 1. The number of nitrogens with zero attached hydrogens (tertiary/aromatic N) is 2. The van der Waals surface area contributed by atoms with Gasteiger partial charge in [-0.05, 0) is 53.8 Å². The molecular formula is C17H13ClN4OS2.